The zero-order valence-electron chi connectivity index (χ0n) is 10.6. The quantitative estimate of drug-likeness (QED) is 0.750. The lowest BCUT2D eigenvalue weighted by Gasteiger charge is -2.09. The molecular weight excluding hydrogens is 224 g/mol. The topological polar surface area (TPSA) is 26.3 Å². The number of rotatable bonds is 4. The van der Waals surface area contributed by atoms with Crippen molar-refractivity contribution >= 4 is 6.29 Å². The fourth-order valence-electron chi connectivity index (χ4n) is 1.82. The summed E-state index contributed by atoms with van der Waals surface area (Å²) in [7, 11) is 0. The molecule has 92 valence electrons. The average Bonchev–Trinajstić information content (AvgIpc) is 2.41. The van der Waals surface area contributed by atoms with E-state index >= 15 is 0 Å². The van der Waals surface area contributed by atoms with Crippen LogP contribution in [0.4, 0.5) is 0 Å². The van der Waals surface area contributed by atoms with Crippen LogP contribution in [-0.2, 0) is 6.42 Å². The summed E-state index contributed by atoms with van der Waals surface area (Å²) in [5, 5.41) is 0. The minimum Gasteiger partial charge on any atom is -0.457 e. The SMILES string of the molecule is CCc1cccc(Oc2ccc(C=O)cc2C)c1. The third-order valence-electron chi connectivity index (χ3n) is 2.87. The van der Waals surface area contributed by atoms with Gasteiger partial charge in [-0.1, -0.05) is 19.1 Å². The normalized spacial score (nSPS) is 10.1. The molecular formula is C16H16O2. The second-order valence-electron chi connectivity index (χ2n) is 4.25. The Labute approximate surface area is 107 Å². The molecule has 0 radical (unpaired) electrons. The number of benzene rings is 2. The van der Waals surface area contributed by atoms with Crippen LogP contribution in [0.1, 0.15) is 28.4 Å². The van der Waals surface area contributed by atoms with E-state index in [1.807, 2.05) is 37.3 Å². The lowest BCUT2D eigenvalue weighted by atomic mass is 10.1. The third-order valence-corrected chi connectivity index (χ3v) is 2.87. The van der Waals surface area contributed by atoms with Crippen LogP contribution >= 0.6 is 0 Å². The van der Waals surface area contributed by atoms with Gasteiger partial charge in [0.25, 0.3) is 0 Å². The summed E-state index contributed by atoms with van der Waals surface area (Å²) >= 11 is 0. The van der Waals surface area contributed by atoms with Crippen LogP contribution in [0.15, 0.2) is 42.5 Å². The second kappa shape index (κ2) is 5.50. The lowest BCUT2D eigenvalue weighted by Crippen LogP contribution is -1.90. The fraction of sp³-hybridized carbons (Fsp3) is 0.188. The number of hydrogen-bond acceptors (Lipinski definition) is 2. The molecule has 0 bridgehead atoms. The fourth-order valence-corrected chi connectivity index (χ4v) is 1.82. The molecule has 0 N–H and O–H groups in total. The molecule has 0 saturated heterocycles. The second-order valence-corrected chi connectivity index (χ2v) is 4.25. The third kappa shape index (κ3) is 2.77. The van der Waals surface area contributed by atoms with Gasteiger partial charge in [-0.25, -0.2) is 0 Å². The Hall–Kier alpha value is -2.09. The summed E-state index contributed by atoms with van der Waals surface area (Å²) < 4.78 is 5.84. The molecule has 0 atom stereocenters. The molecule has 0 spiro atoms. The molecule has 0 aliphatic carbocycles. The number of carbonyl (C=O) groups is 1. The highest BCUT2D eigenvalue weighted by molar-refractivity contribution is 5.75. The summed E-state index contributed by atoms with van der Waals surface area (Å²) in [6, 6.07) is 13.5. The maximum absolute atomic E-state index is 10.7. The van der Waals surface area contributed by atoms with Crippen molar-refractivity contribution in [1.82, 2.24) is 0 Å². The molecule has 2 rings (SSSR count). The molecule has 0 amide bonds. The van der Waals surface area contributed by atoms with E-state index < -0.39 is 0 Å². The molecule has 2 aromatic rings. The number of carbonyl (C=O) groups excluding carboxylic acids is 1. The van der Waals surface area contributed by atoms with Crippen LogP contribution in [0.25, 0.3) is 0 Å². The van der Waals surface area contributed by atoms with Crippen LogP contribution in [0.3, 0.4) is 0 Å². The number of aryl methyl sites for hydroxylation is 2. The zero-order chi connectivity index (χ0) is 13.0. The van der Waals surface area contributed by atoms with Gasteiger partial charge >= 0.3 is 0 Å². The largest absolute Gasteiger partial charge is 0.457 e. The predicted molar refractivity (Wildman–Crippen MR) is 72.5 cm³/mol. The first kappa shape index (κ1) is 12.4. The Morgan fingerprint density at radius 1 is 1.17 bits per heavy atom. The molecule has 0 heterocycles. The van der Waals surface area contributed by atoms with Gasteiger partial charge in [0.2, 0.25) is 0 Å². The number of hydrogen-bond donors (Lipinski definition) is 0. The van der Waals surface area contributed by atoms with E-state index in [0.29, 0.717) is 5.56 Å². The van der Waals surface area contributed by atoms with E-state index in [-0.39, 0.29) is 0 Å². The van der Waals surface area contributed by atoms with E-state index in [0.717, 1.165) is 29.8 Å². The number of ether oxygens (including phenoxy) is 1. The highest BCUT2D eigenvalue weighted by atomic mass is 16.5. The van der Waals surface area contributed by atoms with Crippen LogP contribution in [-0.4, -0.2) is 6.29 Å². The van der Waals surface area contributed by atoms with E-state index in [4.69, 9.17) is 4.74 Å². The van der Waals surface area contributed by atoms with Gasteiger partial charge in [-0.2, -0.15) is 0 Å². The van der Waals surface area contributed by atoms with Crippen LogP contribution in [0.2, 0.25) is 0 Å². The molecule has 18 heavy (non-hydrogen) atoms. The van der Waals surface area contributed by atoms with Gasteiger partial charge in [0.05, 0.1) is 0 Å². The van der Waals surface area contributed by atoms with Crippen LogP contribution < -0.4 is 4.74 Å². The van der Waals surface area contributed by atoms with E-state index in [9.17, 15) is 4.79 Å². The van der Waals surface area contributed by atoms with Crippen molar-refractivity contribution in [2.45, 2.75) is 20.3 Å². The standard InChI is InChI=1S/C16H16O2/c1-3-13-5-4-6-15(10-13)18-16-8-7-14(11-17)9-12(16)2/h4-11H,3H2,1-2H3. The van der Waals surface area contributed by atoms with Crippen molar-refractivity contribution in [1.29, 1.82) is 0 Å². The van der Waals surface area contributed by atoms with Crippen molar-refractivity contribution in [3.63, 3.8) is 0 Å². The highest BCUT2D eigenvalue weighted by Crippen LogP contribution is 2.26. The van der Waals surface area contributed by atoms with Crippen molar-refractivity contribution in [2.24, 2.45) is 0 Å². The Morgan fingerprint density at radius 2 is 2.00 bits per heavy atom. The summed E-state index contributed by atoms with van der Waals surface area (Å²) in [5.41, 5.74) is 2.87. The summed E-state index contributed by atoms with van der Waals surface area (Å²) in [6.45, 7) is 4.05. The first-order chi connectivity index (χ1) is 8.72. The molecule has 2 aromatic carbocycles. The molecule has 0 aliphatic rings. The zero-order valence-corrected chi connectivity index (χ0v) is 10.6. The van der Waals surface area contributed by atoms with Gasteiger partial charge in [0.15, 0.2) is 0 Å². The maximum Gasteiger partial charge on any atom is 0.150 e. The van der Waals surface area contributed by atoms with Gasteiger partial charge in [0, 0.05) is 5.56 Å². The molecule has 0 aliphatic heterocycles. The van der Waals surface area contributed by atoms with E-state index in [2.05, 4.69) is 13.0 Å². The van der Waals surface area contributed by atoms with Gasteiger partial charge in [-0.05, 0) is 54.8 Å². The van der Waals surface area contributed by atoms with Gasteiger partial charge in [-0.3, -0.25) is 4.79 Å². The summed E-state index contributed by atoms with van der Waals surface area (Å²) in [4.78, 5) is 10.7. The van der Waals surface area contributed by atoms with Crippen LogP contribution in [0.5, 0.6) is 11.5 Å². The Morgan fingerprint density at radius 3 is 2.67 bits per heavy atom. The minimum atomic E-state index is 0.669. The monoisotopic (exact) mass is 240 g/mol. The highest BCUT2D eigenvalue weighted by Gasteiger charge is 2.03. The lowest BCUT2D eigenvalue weighted by molar-refractivity contribution is 0.112. The van der Waals surface area contributed by atoms with Gasteiger partial charge < -0.3 is 4.74 Å². The van der Waals surface area contributed by atoms with E-state index in [1.165, 1.54) is 5.56 Å². The number of aldehydes is 1. The first-order valence-electron chi connectivity index (χ1n) is 6.05. The molecule has 2 nitrogen and oxygen atoms in total. The van der Waals surface area contributed by atoms with Crippen LogP contribution in [0, 0.1) is 6.92 Å². The van der Waals surface area contributed by atoms with Crippen molar-refractivity contribution in [3.05, 3.63) is 59.2 Å². The van der Waals surface area contributed by atoms with E-state index in [1.54, 1.807) is 6.07 Å². The average molecular weight is 240 g/mol. The van der Waals surface area contributed by atoms with Gasteiger partial charge in [-0.15, -0.1) is 0 Å². The summed E-state index contributed by atoms with van der Waals surface area (Å²) in [5.74, 6) is 1.62. The Bertz CT molecular complexity index is 559. The smallest absolute Gasteiger partial charge is 0.150 e. The van der Waals surface area contributed by atoms with Crippen molar-refractivity contribution in [2.75, 3.05) is 0 Å². The Balaban J connectivity index is 2.25. The molecule has 0 aromatic heterocycles. The Kier molecular flexibility index (Phi) is 3.78. The predicted octanol–water partition coefficient (Wildman–Crippen LogP) is 4.16. The molecule has 2 heteroatoms. The molecule has 0 fully saturated rings. The summed E-state index contributed by atoms with van der Waals surface area (Å²) in [6.07, 6.45) is 1.83. The van der Waals surface area contributed by atoms with Crippen molar-refractivity contribution < 1.29 is 9.53 Å². The minimum absolute atomic E-state index is 0.669. The maximum atomic E-state index is 10.7. The molecule has 0 saturated carbocycles. The van der Waals surface area contributed by atoms with Gasteiger partial charge in [0.1, 0.15) is 17.8 Å². The van der Waals surface area contributed by atoms with Crippen molar-refractivity contribution in [3.8, 4) is 11.5 Å². The first-order valence-corrected chi connectivity index (χ1v) is 6.05. The molecule has 0 unspecified atom stereocenters.